The molecule has 3 atom stereocenters. The first-order valence-electron chi connectivity index (χ1n) is 6.61. The summed E-state index contributed by atoms with van der Waals surface area (Å²) in [4.78, 5) is 2.35. The van der Waals surface area contributed by atoms with Crippen LogP contribution in [0.3, 0.4) is 0 Å². The summed E-state index contributed by atoms with van der Waals surface area (Å²) >= 11 is 0. The quantitative estimate of drug-likeness (QED) is 0.785. The van der Waals surface area contributed by atoms with Gasteiger partial charge in [-0.3, -0.25) is 0 Å². The van der Waals surface area contributed by atoms with Gasteiger partial charge in [-0.05, 0) is 38.8 Å². The van der Waals surface area contributed by atoms with Crippen molar-refractivity contribution in [2.45, 2.75) is 38.3 Å². The minimum atomic E-state index is -2.78. The van der Waals surface area contributed by atoms with Crippen LogP contribution in [0.1, 0.15) is 26.2 Å². The van der Waals surface area contributed by atoms with Gasteiger partial charge < -0.3 is 10.2 Å². The summed E-state index contributed by atoms with van der Waals surface area (Å²) in [6.07, 6.45) is 2.97. The van der Waals surface area contributed by atoms with Gasteiger partial charge in [0.25, 0.3) is 0 Å². The lowest BCUT2D eigenvalue weighted by molar-refractivity contribution is 0.166. The Morgan fingerprint density at radius 3 is 2.71 bits per heavy atom. The maximum Gasteiger partial charge on any atom is 0.151 e. The van der Waals surface area contributed by atoms with Crippen LogP contribution in [0.15, 0.2) is 0 Å². The maximum atomic E-state index is 11.6. The first-order chi connectivity index (χ1) is 7.96. The van der Waals surface area contributed by atoms with E-state index in [0.717, 1.165) is 32.4 Å². The van der Waals surface area contributed by atoms with Crippen LogP contribution in [0, 0.1) is 5.92 Å². The van der Waals surface area contributed by atoms with Crippen LogP contribution in [-0.4, -0.2) is 57.0 Å². The van der Waals surface area contributed by atoms with E-state index in [4.69, 9.17) is 0 Å². The van der Waals surface area contributed by atoms with E-state index in [-0.39, 0.29) is 6.04 Å². The predicted molar refractivity (Wildman–Crippen MR) is 69.9 cm³/mol. The van der Waals surface area contributed by atoms with Gasteiger partial charge in [-0.1, -0.05) is 6.92 Å². The SMILES string of the molecule is CC1CN(C)CCC1NC1CCCS(=O)(=O)C1. The van der Waals surface area contributed by atoms with Crippen LogP contribution in [0.2, 0.25) is 0 Å². The first kappa shape index (κ1) is 13.3. The van der Waals surface area contributed by atoms with Crippen molar-refractivity contribution in [1.29, 1.82) is 0 Å². The number of hydrogen-bond acceptors (Lipinski definition) is 4. The second-order valence-electron chi connectivity index (χ2n) is 5.75. The fourth-order valence-corrected chi connectivity index (χ4v) is 4.71. The normalized spacial score (nSPS) is 39.1. The summed E-state index contributed by atoms with van der Waals surface area (Å²) in [5, 5.41) is 3.58. The molecule has 100 valence electrons. The van der Waals surface area contributed by atoms with Gasteiger partial charge >= 0.3 is 0 Å². The lowest BCUT2D eigenvalue weighted by Crippen LogP contribution is -2.52. The van der Waals surface area contributed by atoms with Crippen LogP contribution in [0.25, 0.3) is 0 Å². The third kappa shape index (κ3) is 3.66. The Labute approximate surface area is 105 Å². The molecule has 17 heavy (non-hydrogen) atoms. The molecule has 2 heterocycles. The van der Waals surface area contributed by atoms with E-state index in [1.54, 1.807) is 0 Å². The van der Waals surface area contributed by atoms with E-state index in [9.17, 15) is 8.42 Å². The molecule has 0 radical (unpaired) electrons. The largest absolute Gasteiger partial charge is 0.310 e. The molecule has 0 aromatic carbocycles. The van der Waals surface area contributed by atoms with Crippen LogP contribution in [-0.2, 0) is 9.84 Å². The van der Waals surface area contributed by atoms with Crippen LogP contribution >= 0.6 is 0 Å². The molecule has 0 spiro atoms. The Morgan fingerprint density at radius 2 is 2.06 bits per heavy atom. The first-order valence-corrected chi connectivity index (χ1v) is 8.43. The number of sulfone groups is 1. The molecule has 2 fully saturated rings. The van der Waals surface area contributed by atoms with E-state index in [2.05, 4.69) is 24.2 Å². The zero-order valence-corrected chi connectivity index (χ0v) is 11.7. The minimum absolute atomic E-state index is 0.185. The molecular formula is C12H24N2O2S. The number of nitrogens with zero attached hydrogens (tertiary/aromatic N) is 1. The molecule has 2 aliphatic rings. The molecule has 0 aliphatic carbocycles. The lowest BCUT2D eigenvalue weighted by atomic mass is 9.93. The smallest absolute Gasteiger partial charge is 0.151 e. The summed E-state index contributed by atoms with van der Waals surface area (Å²) in [7, 11) is -0.633. The van der Waals surface area contributed by atoms with Crippen molar-refractivity contribution in [3.63, 3.8) is 0 Å². The molecule has 2 rings (SSSR count). The van der Waals surface area contributed by atoms with E-state index < -0.39 is 9.84 Å². The Balaban J connectivity index is 1.88. The molecule has 0 aromatic heterocycles. The van der Waals surface area contributed by atoms with Gasteiger partial charge in [0.05, 0.1) is 11.5 Å². The second-order valence-corrected chi connectivity index (χ2v) is 7.98. The molecule has 0 bridgehead atoms. The number of likely N-dealkylation sites (tertiary alicyclic amines) is 1. The molecule has 1 N–H and O–H groups in total. The fourth-order valence-electron chi connectivity index (χ4n) is 3.06. The molecule has 2 aliphatic heterocycles. The van der Waals surface area contributed by atoms with Crippen molar-refractivity contribution in [1.82, 2.24) is 10.2 Å². The molecule has 2 saturated heterocycles. The Kier molecular flexibility index (Phi) is 4.10. The van der Waals surface area contributed by atoms with E-state index >= 15 is 0 Å². The monoisotopic (exact) mass is 260 g/mol. The fraction of sp³-hybridized carbons (Fsp3) is 1.00. The summed E-state index contributed by atoms with van der Waals surface area (Å²) in [5.74, 6) is 1.33. The van der Waals surface area contributed by atoms with Gasteiger partial charge in [0.15, 0.2) is 9.84 Å². The van der Waals surface area contributed by atoms with Gasteiger partial charge in [0.2, 0.25) is 0 Å². The van der Waals surface area contributed by atoms with Crippen molar-refractivity contribution in [3.05, 3.63) is 0 Å². The summed E-state index contributed by atoms with van der Waals surface area (Å²) in [5.41, 5.74) is 0. The molecule has 5 heteroatoms. The lowest BCUT2D eigenvalue weighted by Gasteiger charge is -2.38. The van der Waals surface area contributed by atoms with E-state index in [0.29, 0.717) is 23.5 Å². The van der Waals surface area contributed by atoms with Gasteiger partial charge in [0, 0.05) is 18.6 Å². The number of nitrogens with one attached hydrogen (secondary N) is 1. The number of piperidine rings is 1. The Hall–Kier alpha value is -0.130. The van der Waals surface area contributed by atoms with Gasteiger partial charge in [-0.25, -0.2) is 8.42 Å². The summed E-state index contributed by atoms with van der Waals surface area (Å²) in [6.45, 7) is 4.48. The van der Waals surface area contributed by atoms with Gasteiger partial charge in [-0.15, -0.1) is 0 Å². The molecule has 0 amide bonds. The van der Waals surface area contributed by atoms with Crippen molar-refractivity contribution < 1.29 is 8.42 Å². The summed E-state index contributed by atoms with van der Waals surface area (Å²) in [6, 6.07) is 0.675. The highest BCUT2D eigenvalue weighted by Gasteiger charge is 2.30. The van der Waals surface area contributed by atoms with Crippen molar-refractivity contribution in [2.75, 3.05) is 31.6 Å². The van der Waals surface area contributed by atoms with E-state index in [1.165, 1.54) is 0 Å². The third-order valence-electron chi connectivity index (χ3n) is 4.02. The zero-order chi connectivity index (χ0) is 12.5. The molecular weight excluding hydrogens is 236 g/mol. The molecule has 0 saturated carbocycles. The minimum Gasteiger partial charge on any atom is -0.310 e. The van der Waals surface area contributed by atoms with Gasteiger partial charge in [-0.2, -0.15) is 0 Å². The average molecular weight is 260 g/mol. The highest BCUT2D eigenvalue weighted by atomic mass is 32.2. The highest BCUT2D eigenvalue weighted by Crippen LogP contribution is 2.19. The van der Waals surface area contributed by atoms with Crippen LogP contribution in [0.4, 0.5) is 0 Å². The standard InChI is InChI=1S/C12H24N2O2S/c1-10-8-14(2)6-5-12(10)13-11-4-3-7-17(15,16)9-11/h10-13H,3-9H2,1-2H3. The Morgan fingerprint density at radius 1 is 1.29 bits per heavy atom. The van der Waals surface area contributed by atoms with Crippen molar-refractivity contribution in [3.8, 4) is 0 Å². The molecule has 3 unspecified atom stereocenters. The topological polar surface area (TPSA) is 49.4 Å². The van der Waals surface area contributed by atoms with Crippen LogP contribution < -0.4 is 5.32 Å². The zero-order valence-electron chi connectivity index (χ0n) is 10.9. The maximum absolute atomic E-state index is 11.6. The van der Waals surface area contributed by atoms with Gasteiger partial charge in [0.1, 0.15) is 0 Å². The Bertz CT molecular complexity index is 356. The van der Waals surface area contributed by atoms with E-state index in [1.807, 2.05) is 0 Å². The summed E-state index contributed by atoms with van der Waals surface area (Å²) < 4.78 is 23.2. The number of hydrogen-bond donors (Lipinski definition) is 1. The van der Waals surface area contributed by atoms with Crippen molar-refractivity contribution >= 4 is 9.84 Å². The predicted octanol–water partition coefficient (Wildman–Crippen LogP) is 0.493. The third-order valence-corrected chi connectivity index (χ3v) is 5.84. The second kappa shape index (κ2) is 5.24. The van der Waals surface area contributed by atoms with Crippen molar-refractivity contribution in [2.24, 2.45) is 5.92 Å². The molecule has 0 aromatic rings. The average Bonchev–Trinajstić information content (AvgIpc) is 2.21. The number of rotatable bonds is 2. The highest BCUT2D eigenvalue weighted by molar-refractivity contribution is 7.91. The van der Waals surface area contributed by atoms with Crippen LogP contribution in [0.5, 0.6) is 0 Å². The molecule has 4 nitrogen and oxygen atoms in total.